The van der Waals surface area contributed by atoms with Gasteiger partial charge in [0.05, 0.1) is 6.21 Å². The number of rotatable bonds is 5. The highest BCUT2D eigenvalue weighted by Gasteiger charge is 2.08. The van der Waals surface area contributed by atoms with Gasteiger partial charge in [0.15, 0.2) is 5.82 Å². The molecule has 0 radical (unpaired) electrons. The first-order valence-corrected chi connectivity index (χ1v) is 7.94. The van der Waals surface area contributed by atoms with Crippen LogP contribution in [-0.2, 0) is 0 Å². The normalized spacial score (nSPS) is 12.7. The molecule has 2 heterocycles. The molecule has 6 nitrogen and oxygen atoms in total. The SMILES string of the molecule is C/C=C(\C=C/NC)c1n[nH]c(=S)n1/N=C/c1c[nH]c2ccccc12. The maximum Gasteiger partial charge on any atom is 0.216 e. The molecule has 1 aromatic carbocycles. The van der Waals surface area contributed by atoms with Gasteiger partial charge in [0.2, 0.25) is 4.77 Å². The van der Waals surface area contributed by atoms with Crippen LogP contribution >= 0.6 is 12.2 Å². The van der Waals surface area contributed by atoms with Gasteiger partial charge in [-0.3, -0.25) is 0 Å². The van der Waals surface area contributed by atoms with Crippen molar-refractivity contribution in [1.82, 2.24) is 25.2 Å². The number of nitrogens with zero attached hydrogens (tertiary/aromatic N) is 3. The van der Waals surface area contributed by atoms with Gasteiger partial charge < -0.3 is 10.3 Å². The van der Waals surface area contributed by atoms with Gasteiger partial charge in [0, 0.05) is 35.3 Å². The minimum Gasteiger partial charge on any atom is -0.394 e. The van der Waals surface area contributed by atoms with E-state index in [1.807, 2.05) is 56.7 Å². The predicted molar refractivity (Wildman–Crippen MR) is 101 cm³/mol. The number of para-hydroxylation sites is 1. The predicted octanol–water partition coefficient (Wildman–Crippen LogP) is 3.44. The molecule has 0 atom stereocenters. The van der Waals surface area contributed by atoms with Crippen molar-refractivity contribution in [2.24, 2.45) is 5.10 Å². The lowest BCUT2D eigenvalue weighted by molar-refractivity contribution is 0.847. The Morgan fingerprint density at radius 1 is 1.38 bits per heavy atom. The first-order chi connectivity index (χ1) is 11.7. The van der Waals surface area contributed by atoms with E-state index in [-0.39, 0.29) is 0 Å². The number of H-pyrrole nitrogens is 2. The molecule has 0 spiro atoms. The summed E-state index contributed by atoms with van der Waals surface area (Å²) in [5, 5.41) is 15.7. The van der Waals surface area contributed by atoms with E-state index in [1.165, 1.54) is 0 Å². The molecule has 0 unspecified atom stereocenters. The quantitative estimate of drug-likeness (QED) is 0.379. The Morgan fingerprint density at radius 2 is 2.21 bits per heavy atom. The van der Waals surface area contributed by atoms with Crippen molar-refractivity contribution < 1.29 is 0 Å². The molecule has 24 heavy (non-hydrogen) atoms. The van der Waals surface area contributed by atoms with Crippen molar-refractivity contribution in [2.75, 3.05) is 7.05 Å². The fourth-order valence-electron chi connectivity index (χ4n) is 2.38. The van der Waals surface area contributed by atoms with Gasteiger partial charge >= 0.3 is 0 Å². The number of fused-ring (bicyclic) bond motifs is 1. The summed E-state index contributed by atoms with van der Waals surface area (Å²) in [6.07, 6.45) is 9.41. The number of allylic oxidation sites excluding steroid dienone is 3. The van der Waals surface area contributed by atoms with Crippen LogP contribution in [0.2, 0.25) is 0 Å². The molecule has 0 aliphatic heterocycles. The zero-order valence-corrected chi connectivity index (χ0v) is 14.3. The Hall–Kier alpha value is -2.93. The molecule has 3 rings (SSSR count). The number of nitrogens with one attached hydrogen (secondary N) is 3. The largest absolute Gasteiger partial charge is 0.394 e. The van der Waals surface area contributed by atoms with E-state index in [1.54, 1.807) is 10.9 Å². The van der Waals surface area contributed by atoms with E-state index in [4.69, 9.17) is 12.2 Å². The maximum atomic E-state index is 5.30. The molecule has 3 aromatic rings. The van der Waals surface area contributed by atoms with Crippen LogP contribution in [0.4, 0.5) is 0 Å². The molecule has 0 aliphatic rings. The van der Waals surface area contributed by atoms with Crippen LogP contribution in [0.5, 0.6) is 0 Å². The summed E-state index contributed by atoms with van der Waals surface area (Å²) >= 11 is 5.30. The summed E-state index contributed by atoms with van der Waals surface area (Å²) < 4.78 is 2.06. The van der Waals surface area contributed by atoms with E-state index >= 15 is 0 Å². The zero-order chi connectivity index (χ0) is 16.9. The fraction of sp³-hybridized carbons (Fsp3) is 0.118. The average molecular weight is 338 g/mol. The van der Waals surface area contributed by atoms with E-state index in [9.17, 15) is 0 Å². The smallest absolute Gasteiger partial charge is 0.216 e. The van der Waals surface area contributed by atoms with Crippen molar-refractivity contribution >= 4 is 34.9 Å². The summed E-state index contributed by atoms with van der Waals surface area (Å²) in [7, 11) is 1.84. The lowest BCUT2D eigenvalue weighted by Crippen LogP contribution is -1.99. The van der Waals surface area contributed by atoms with Crippen LogP contribution in [0, 0.1) is 4.77 Å². The highest BCUT2D eigenvalue weighted by atomic mass is 32.1. The number of aromatic nitrogens is 4. The van der Waals surface area contributed by atoms with Crippen molar-refractivity contribution in [3.05, 3.63) is 65.0 Å². The Morgan fingerprint density at radius 3 is 3.00 bits per heavy atom. The van der Waals surface area contributed by atoms with Gasteiger partial charge in [-0.05, 0) is 37.5 Å². The summed E-state index contributed by atoms with van der Waals surface area (Å²) in [4.78, 5) is 3.23. The Kier molecular flexibility index (Phi) is 4.72. The zero-order valence-electron chi connectivity index (χ0n) is 13.4. The van der Waals surface area contributed by atoms with Crippen molar-refractivity contribution in [2.45, 2.75) is 6.92 Å². The second-order valence-corrected chi connectivity index (χ2v) is 5.45. The molecule has 0 bridgehead atoms. The molecule has 0 aliphatic carbocycles. The molecule has 0 fully saturated rings. The van der Waals surface area contributed by atoms with Gasteiger partial charge in [0.25, 0.3) is 0 Å². The molecule has 122 valence electrons. The minimum absolute atomic E-state index is 0.443. The van der Waals surface area contributed by atoms with Crippen LogP contribution in [-0.4, -0.2) is 33.1 Å². The second kappa shape index (κ2) is 7.10. The molecule has 2 aromatic heterocycles. The Labute approximate surface area is 144 Å². The molecule has 7 heteroatoms. The summed E-state index contributed by atoms with van der Waals surface area (Å²) in [5.74, 6) is 0.657. The monoisotopic (exact) mass is 338 g/mol. The highest BCUT2D eigenvalue weighted by Crippen LogP contribution is 2.17. The molecule has 0 amide bonds. The maximum absolute atomic E-state index is 5.30. The van der Waals surface area contributed by atoms with Crippen molar-refractivity contribution in [3.8, 4) is 0 Å². The molecular formula is C17H18N6S. The van der Waals surface area contributed by atoms with Crippen LogP contribution in [0.15, 0.2) is 53.9 Å². The summed E-state index contributed by atoms with van der Waals surface area (Å²) in [6.45, 7) is 1.95. The van der Waals surface area contributed by atoms with Crippen LogP contribution in [0.3, 0.4) is 0 Å². The lowest BCUT2D eigenvalue weighted by Gasteiger charge is -2.01. The van der Waals surface area contributed by atoms with Gasteiger partial charge in [-0.15, -0.1) is 0 Å². The lowest BCUT2D eigenvalue weighted by atomic mass is 10.2. The summed E-state index contributed by atoms with van der Waals surface area (Å²) in [6, 6.07) is 8.08. The van der Waals surface area contributed by atoms with Gasteiger partial charge in [-0.25, -0.2) is 5.10 Å². The van der Waals surface area contributed by atoms with Crippen LogP contribution < -0.4 is 5.32 Å². The fourth-order valence-corrected chi connectivity index (χ4v) is 2.56. The Bertz CT molecular complexity index is 986. The van der Waals surface area contributed by atoms with E-state index in [0.29, 0.717) is 10.6 Å². The van der Waals surface area contributed by atoms with Gasteiger partial charge in [-0.2, -0.15) is 14.9 Å². The topological polar surface area (TPSA) is 73.8 Å². The third kappa shape index (κ3) is 3.07. The number of aromatic amines is 2. The van der Waals surface area contributed by atoms with Gasteiger partial charge in [0.1, 0.15) is 0 Å². The molecule has 3 N–H and O–H groups in total. The molecule has 0 saturated heterocycles. The standard InChI is InChI=1S/C17H18N6S/c1-3-12(8-9-18-2)16-21-22-17(24)23(16)20-11-13-10-19-15-7-5-4-6-14(13)15/h3-11,18-19H,1-2H3,(H,22,24)/b9-8-,12-3+,20-11+. The van der Waals surface area contributed by atoms with Crippen molar-refractivity contribution in [3.63, 3.8) is 0 Å². The van der Waals surface area contributed by atoms with Crippen LogP contribution in [0.25, 0.3) is 16.5 Å². The highest BCUT2D eigenvalue weighted by molar-refractivity contribution is 7.71. The number of benzene rings is 1. The van der Waals surface area contributed by atoms with Crippen molar-refractivity contribution in [1.29, 1.82) is 0 Å². The number of hydrogen-bond donors (Lipinski definition) is 3. The number of hydrogen-bond acceptors (Lipinski definition) is 4. The third-order valence-corrected chi connectivity index (χ3v) is 3.85. The molecule has 0 saturated carbocycles. The Balaban J connectivity index is 2.00. The first kappa shape index (κ1) is 15.9. The van der Waals surface area contributed by atoms with Crippen LogP contribution in [0.1, 0.15) is 18.3 Å². The third-order valence-electron chi connectivity index (χ3n) is 3.58. The second-order valence-electron chi connectivity index (χ2n) is 5.06. The molecular weight excluding hydrogens is 320 g/mol. The van der Waals surface area contributed by atoms with Gasteiger partial charge in [-0.1, -0.05) is 24.3 Å². The average Bonchev–Trinajstić information content (AvgIpc) is 3.18. The van der Waals surface area contributed by atoms with E-state index < -0.39 is 0 Å². The van der Waals surface area contributed by atoms with E-state index in [2.05, 4.69) is 31.7 Å². The first-order valence-electron chi connectivity index (χ1n) is 7.53. The summed E-state index contributed by atoms with van der Waals surface area (Å²) in [5.41, 5.74) is 2.97. The minimum atomic E-state index is 0.443. The van der Waals surface area contributed by atoms with E-state index in [0.717, 1.165) is 22.0 Å².